The average molecular weight is 428 g/mol. The molecule has 0 saturated heterocycles. The molecule has 5 heteroatoms. The molecule has 0 radical (unpaired) electrons. The lowest BCUT2D eigenvalue weighted by Gasteiger charge is -2.29. The van der Waals surface area contributed by atoms with Crippen LogP contribution in [-0.2, 0) is 22.4 Å². The first kappa shape index (κ1) is 21.8. The molecule has 32 heavy (non-hydrogen) atoms. The first-order valence-electron chi connectivity index (χ1n) is 11.2. The number of fused-ring (bicyclic) bond motifs is 1. The van der Waals surface area contributed by atoms with Crippen LogP contribution < -0.4 is 16.4 Å². The average Bonchev–Trinajstić information content (AvgIpc) is 2.83. The predicted molar refractivity (Wildman–Crippen MR) is 127 cm³/mol. The second-order valence-electron chi connectivity index (χ2n) is 8.25. The summed E-state index contributed by atoms with van der Waals surface area (Å²) in [7, 11) is 0. The molecule has 0 fully saturated rings. The van der Waals surface area contributed by atoms with Crippen molar-refractivity contribution in [3.63, 3.8) is 0 Å². The lowest BCUT2D eigenvalue weighted by Crippen LogP contribution is -2.53. The molecule has 2 unspecified atom stereocenters. The molecule has 1 aliphatic rings. The second kappa shape index (κ2) is 10.2. The van der Waals surface area contributed by atoms with Crippen molar-refractivity contribution in [2.75, 3.05) is 6.54 Å². The Morgan fingerprint density at radius 1 is 0.906 bits per heavy atom. The summed E-state index contributed by atoms with van der Waals surface area (Å²) in [6.07, 6.45) is 3.59. The van der Waals surface area contributed by atoms with Gasteiger partial charge in [0.1, 0.15) is 0 Å². The maximum Gasteiger partial charge on any atom is 0.246 e. The SMILES string of the molecule is NC(=O)C(NC1CCCc2ccccc21)C(=O)NCCc1ccc(-c2ccccc2)cc1. The number of aryl methyl sites for hydroxylation is 1. The van der Waals surface area contributed by atoms with Crippen LogP contribution in [0.4, 0.5) is 0 Å². The molecule has 164 valence electrons. The van der Waals surface area contributed by atoms with Crippen molar-refractivity contribution in [1.82, 2.24) is 10.6 Å². The highest BCUT2D eigenvalue weighted by Gasteiger charge is 2.29. The topological polar surface area (TPSA) is 84.2 Å². The van der Waals surface area contributed by atoms with Gasteiger partial charge in [0.2, 0.25) is 11.8 Å². The molecule has 0 aliphatic heterocycles. The normalized spacial score (nSPS) is 16.1. The smallest absolute Gasteiger partial charge is 0.246 e. The molecule has 2 atom stereocenters. The van der Waals surface area contributed by atoms with E-state index in [1.165, 1.54) is 11.1 Å². The first-order chi connectivity index (χ1) is 15.6. The highest BCUT2D eigenvalue weighted by molar-refractivity contribution is 6.03. The molecule has 2 amide bonds. The van der Waals surface area contributed by atoms with Gasteiger partial charge in [-0.3, -0.25) is 14.9 Å². The van der Waals surface area contributed by atoms with Crippen LogP contribution in [0.25, 0.3) is 11.1 Å². The number of nitrogens with two attached hydrogens (primary N) is 1. The Hall–Kier alpha value is -3.44. The van der Waals surface area contributed by atoms with E-state index in [1.807, 2.05) is 30.3 Å². The largest absolute Gasteiger partial charge is 0.368 e. The van der Waals surface area contributed by atoms with Crippen molar-refractivity contribution >= 4 is 11.8 Å². The van der Waals surface area contributed by atoms with Crippen molar-refractivity contribution in [3.05, 3.63) is 95.6 Å². The Labute approximate surface area is 189 Å². The lowest BCUT2D eigenvalue weighted by atomic mass is 9.87. The van der Waals surface area contributed by atoms with E-state index in [-0.39, 0.29) is 11.9 Å². The molecular formula is C27H29N3O2. The summed E-state index contributed by atoms with van der Waals surface area (Å²) in [4.78, 5) is 24.8. The molecule has 0 spiro atoms. The van der Waals surface area contributed by atoms with Gasteiger partial charge in [0, 0.05) is 12.6 Å². The third kappa shape index (κ3) is 5.24. The number of hydrogen-bond donors (Lipinski definition) is 3. The number of primary amides is 1. The van der Waals surface area contributed by atoms with E-state index in [0.29, 0.717) is 13.0 Å². The van der Waals surface area contributed by atoms with Crippen LogP contribution in [0.3, 0.4) is 0 Å². The molecular weight excluding hydrogens is 398 g/mol. The van der Waals surface area contributed by atoms with Gasteiger partial charge in [-0.2, -0.15) is 0 Å². The second-order valence-corrected chi connectivity index (χ2v) is 8.25. The molecule has 3 aromatic carbocycles. The number of carbonyl (C=O) groups excluding carboxylic acids is 2. The number of hydrogen-bond acceptors (Lipinski definition) is 3. The molecule has 4 rings (SSSR count). The van der Waals surface area contributed by atoms with Crippen LogP contribution in [0.5, 0.6) is 0 Å². The van der Waals surface area contributed by atoms with Crippen molar-refractivity contribution < 1.29 is 9.59 Å². The van der Waals surface area contributed by atoms with E-state index in [1.54, 1.807) is 0 Å². The van der Waals surface area contributed by atoms with E-state index in [9.17, 15) is 9.59 Å². The fourth-order valence-electron chi connectivity index (χ4n) is 4.34. The molecule has 1 aliphatic carbocycles. The fraction of sp³-hybridized carbons (Fsp3) is 0.259. The Kier molecular flexibility index (Phi) is 6.97. The molecule has 3 aromatic rings. The summed E-state index contributed by atoms with van der Waals surface area (Å²) in [5.74, 6) is -1.03. The minimum atomic E-state index is -1.05. The molecule has 0 heterocycles. The third-order valence-corrected chi connectivity index (χ3v) is 6.06. The number of amides is 2. The Morgan fingerprint density at radius 3 is 2.34 bits per heavy atom. The van der Waals surface area contributed by atoms with E-state index in [0.717, 1.165) is 36.0 Å². The third-order valence-electron chi connectivity index (χ3n) is 6.06. The summed E-state index contributed by atoms with van der Waals surface area (Å²) in [5, 5.41) is 6.07. The standard InChI is InChI=1S/C27H29N3O2/c28-26(31)25(30-24-12-6-10-22-9-4-5-11-23(22)24)27(32)29-18-17-19-13-15-21(16-14-19)20-7-2-1-3-8-20/h1-5,7-9,11,13-16,24-25,30H,6,10,12,17-18H2,(H2,28,31)(H,29,32). The fourth-order valence-corrected chi connectivity index (χ4v) is 4.34. The van der Waals surface area contributed by atoms with Crippen LogP contribution in [0.15, 0.2) is 78.9 Å². The highest BCUT2D eigenvalue weighted by atomic mass is 16.2. The van der Waals surface area contributed by atoms with Crippen molar-refractivity contribution in [2.45, 2.75) is 37.8 Å². The van der Waals surface area contributed by atoms with Gasteiger partial charge in [-0.15, -0.1) is 0 Å². The summed E-state index contributed by atoms with van der Waals surface area (Å²) in [6, 6.07) is 25.6. The summed E-state index contributed by atoms with van der Waals surface area (Å²) >= 11 is 0. The van der Waals surface area contributed by atoms with Crippen molar-refractivity contribution in [3.8, 4) is 11.1 Å². The van der Waals surface area contributed by atoms with Gasteiger partial charge < -0.3 is 11.1 Å². The maximum absolute atomic E-state index is 12.7. The van der Waals surface area contributed by atoms with Crippen molar-refractivity contribution in [2.24, 2.45) is 5.73 Å². The van der Waals surface area contributed by atoms with E-state index >= 15 is 0 Å². The number of rotatable bonds is 8. The van der Waals surface area contributed by atoms with Gasteiger partial charge in [-0.1, -0.05) is 78.9 Å². The molecule has 0 saturated carbocycles. The predicted octanol–water partition coefficient (Wildman–Crippen LogP) is 3.53. The quantitative estimate of drug-likeness (QED) is 0.481. The zero-order chi connectivity index (χ0) is 22.3. The summed E-state index contributed by atoms with van der Waals surface area (Å²) < 4.78 is 0. The van der Waals surface area contributed by atoms with Gasteiger partial charge in [-0.05, 0) is 53.5 Å². The van der Waals surface area contributed by atoms with Crippen LogP contribution in [0.1, 0.15) is 35.6 Å². The Bertz CT molecular complexity index is 1060. The van der Waals surface area contributed by atoms with Crippen LogP contribution in [-0.4, -0.2) is 24.4 Å². The van der Waals surface area contributed by atoms with Gasteiger partial charge in [0.05, 0.1) is 0 Å². The zero-order valence-electron chi connectivity index (χ0n) is 18.1. The van der Waals surface area contributed by atoms with E-state index in [2.05, 4.69) is 59.2 Å². The van der Waals surface area contributed by atoms with Crippen LogP contribution in [0.2, 0.25) is 0 Å². The maximum atomic E-state index is 12.7. The van der Waals surface area contributed by atoms with Crippen LogP contribution in [0, 0.1) is 0 Å². The highest BCUT2D eigenvalue weighted by Crippen LogP contribution is 2.29. The van der Waals surface area contributed by atoms with E-state index < -0.39 is 11.9 Å². The number of benzene rings is 3. The van der Waals surface area contributed by atoms with Crippen LogP contribution >= 0.6 is 0 Å². The van der Waals surface area contributed by atoms with Gasteiger partial charge >= 0.3 is 0 Å². The van der Waals surface area contributed by atoms with Crippen molar-refractivity contribution in [1.29, 1.82) is 0 Å². The zero-order valence-corrected chi connectivity index (χ0v) is 18.1. The minimum absolute atomic E-state index is 0.0475. The molecule has 0 bridgehead atoms. The molecule has 0 aromatic heterocycles. The van der Waals surface area contributed by atoms with Gasteiger partial charge in [-0.25, -0.2) is 0 Å². The molecule has 4 N–H and O–H groups in total. The summed E-state index contributed by atoms with van der Waals surface area (Å²) in [5.41, 5.74) is 11.4. The first-order valence-corrected chi connectivity index (χ1v) is 11.2. The van der Waals surface area contributed by atoms with Gasteiger partial charge in [0.15, 0.2) is 6.04 Å². The number of carbonyl (C=O) groups is 2. The lowest BCUT2D eigenvalue weighted by molar-refractivity contribution is -0.131. The summed E-state index contributed by atoms with van der Waals surface area (Å²) in [6.45, 7) is 0.441. The molecule has 5 nitrogen and oxygen atoms in total. The number of nitrogens with one attached hydrogen (secondary N) is 2. The van der Waals surface area contributed by atoms with E-state index in [4.69, 9.17) is 5.73 Å². The Morgan fingerprint density at radius 2 is 1.59 bits per heavy atom. The Balaban J connectivity index is 1.33. The minimum Gasteiger partial charge on any atom is -0.368 e. The monoisotopic (exact) mass is 427 g/mol. The van der Waals surface area contributed by atoms with Gasteiger partial charge in [0.25, 0.3) is 0 Å².